The Hall–Kier alpha value is -2.42. The Morgan fingerprint density at radius 2 is 1.91 bits per heavy atom. The third-order valence-electron chi connectivity index (χ3n) is 5.98. The highest BCUT2D eigenvalue weighted by atomic mass is 35.5. The summed E-state index contributed by atoms with van der Waals surface area (Å²) in [6.07, 6.45) is 3.33. The number of hydrogen-bond acceptors (Lipinski definition) is 4. The van der Waals surface area contributed by atoms with E-state index in [4.69, 9.17) is 23.2 Å². The normalized spacial score (nSPS) is 20.0. The number of ketones is 1. The van der Waals surface area contributed by atoms with Crippen LogP contribution in [0.4, 0.5) is 10.1 Å². The number of aliphatic hydroxyl groups excluding tert-OH is 1. The van der Waals surface area contributed by atoms with Crippen molar-refractivity contribution in [3.05, 3.63) is 51.0 Å². The van der Waals surface area contributed by atoms with E-state index in [1.54, 1.807) is 4.57 Å². The molecule has 1 aromatic heterocycles. The van der Waals surface area contributed by atoms with Gasteiger partial charge in [-0.15, -0.1) is 0 Å². The number of fused-ring (bicyclic) bond motifs is 1. The summed E-state index contributed by atoms with van der Waals surface area (Å²) in [4.78, 5) is 38.7. The van der Waals surface area contributed by atoms with Crippen LogP contribution in [0.5, 0.6) is 0 Å². The molecule has 0 unspecified atom stereocenters. The number of Topliss-reactive ketones (excluding diaryl/α,β-unsaturated/α-hetero) is 1. The van der Waals surface area contributed by atoms with Gasteiger partial charge in [0, 0.05) is 17.9 Å². The Bertz CT molecular complexity index is 1100. The fraction of sp³-hybridized carbons (Fsp3) is 0.409. The molecule has 2 atom stereocenters. The molecule has 4 rings (SSSR count). The van der Waals surface area contributed by atoms with Crippen molar-refractivity contribution in [2.24, 2.45) is 0 Å². The van der Waals surface area contributed by atoms with Crippen molar-refractivity contribution in [1.82, 2.24) is 9.88 Å². The molecule has 7 nitrogen and oxygen atoms in total. The number of benzene rings is 1. The second-order valence-corrected chi connectivity index (χ2v) is 8.87. The highest BCUT2D eigenvalue weighted by Crippen LogP contribution is 2.34. The van der Waals surface area contributed by atoms with Crippen LogP contribution in [0.2, 0.25) is 10.0 Å². The zero-order valence-electron chi connectivity index (χ0n) is 17.1. The number of rotatable bonds is 5. The minimum absolute atomic E-state index is 0.0337. The van der Waals surface area contributed by atoms with Crippen LogP contribution >= 0.6 is 23.2 Å². The highest BCUT2D eigenvalue weighted by Gasteiger charge is 2.35. The van der Waals surface area contributed by atoms with Gasteiger partial charge in [0.25, 0.3) is 17.6 Å². The number of amides is 2. The highest BCUT2D eigenvalue weighted by molar-refractivity contribution is 6.48. The summed E-state index contributed by atoms with van der Waals surface area (Å²) >= 11 is 12.3. The number of nitrogens with one attached hydrogen (secondary N) is 2. The number of aliphatic hydroxyl groups is 1. The van der Waals surface area contributed by atoms with Crippen molar-refractivity contribution in [1.29, 1.82) is 0 Å². The van der Waals surface area contributed by atoms with Crippen molar-refractivity contribution in [3.63, 3.8) is 0 Å². The molecule has 2 amide bonds. The van der Waals surface area contributed by atoms with Crippen LogP contribution in [0.15, 0.2) is 18.2 Å². The molecule has 32 heavy (non-hydrogen) atoms. The number of nitrogens with zero attached hydrogens (tertiary/aromatic N) is 1. The van der Waals surface area contributed by atoms with Crippen LogP contribution in [0.1, 0.15) is 58.6 Å². The number of halogens is 3. The van der Waals surface area contributed by atoms with Crippen molar-refractivity contribution in [2.45, 2.75) is 57.2 Å². The molecule has 0 radical (unpaired) electrons. The molecular formula is C22H22Cl2FN3O4. The van der Waals surface area contributed by atoms with Gasteiger partial charge in [-0.1, -0.05) is 23.2 Å². The van der Waals surface area contributed by atoms with E-state index in [1.807, 2.05) is 0 Å². The van der Waals surface area contributed by atoms with Crippen LogP contribution in [-0.2, 0) is 17.8 Å². The van der Waals surface area contributed by atoms with E-state index in [-0.39, 0.29) is 27.0 Å². The van der Waals surface area contributed by atoms with Gasteiger partial charge < -0.3 is 20.3 Å². The molecule has 3 N–H and O–H groups in total. The first-order valence-corrected chi connectivity index (χ1v) is 11.2. The lowest BCUT2D eigenvalue weighted by molar-refractivity contribution is -0.118. The second-order valence-electron chi connectivity index (χ2n) is 8.08. The summed E-state index contributed by atoms with van der Waals surface area (Å²) in [7, 11) is 0. The zero-order valence-corrected chi connectivity index (χ0v) is 18.6. The van der Waals surface area contributed by atoms with Gasteiger partial charge in [-0.25, -0.2) is 4.39 Å². The quantitative estimate of drug-likeness (QED) is 0.447. The molecule has 1 aliphatic heterocycles. The topological polar surface area (TPSA) is 100 Å². The maximum absolute atomic E-state index is 13.4. The lowest BCUT2D eigenvalue weighted by atomic mass is 10.1. The molecule has 1 aliphatic carbocycles. The van der Waals surface area contributed by atoms with Crippen LogP contribution in [0.3, 0.4) is 0 Å². The van der Waals surface area contributed by atoms with Crippen LogP contribution < -0.4 is 10.6 Å². The largest absolute Gasteiger partial charge is 0.391 e. The molecule has 1 saturated carbocycles. The lowest BCUT2D eigenvalue weighted by Gasteiger charge is -2.19. The third-order valence-corrected chi connectivity index (χ3v) is 6.64. The first-order valence-electron chi connectivity index (χ1n) is 10.5. The second kappa shape index (κ2) is 9.21. The van der Waals surface area contributed by atoms with E-state index in [0.29, 0.717) is 31.5 Å². The molecule has 170 valence electrons. The Morgan fingerprint density at radius 3 is 2.59 bits per heavy atom. The van der Waals surface area contributed by atoms with Crippen molar-refractivity contribution < 1.29 is 23.9 Å². The average molecular weight is 482 g/mol. The van der Waals surface area contributed by atoms with Gasteiger partial charge in [-0.05, 0) is 56.7 Å². The minimum Gasteiger partial charge on any atom is -0.391 e. The van der Waals surface area contributed by atoms with Gasteiger partial charge in [0.1, 0.15) is 11.5 Å². The third kappa shape index (κ3) is 4.27. The Balaban J connectivity index is 1.64. The van der Waals surface area contributed by atoms with Gasteiger partial charge >= 0.3 is 0 Å². The van der Waals surface area contributed by atoms with E-state index in [1.165, 1.54) is 12.1 Å². The predicted molar refractivity (Wildman–Crippen MR) is 118 cm³/mol. The summed E-state index contributed by atoms with van der Waals surface area (Å²) in [5.74, 6) is -2.90. The molecule has 2 aliphatic rings. The van der Waals surface area contributed by atoms with E-state index >= 15 is 0 Å². The maximum atomic E-state index is 13.4. The predicted octanol–water partition coefficient (Wildman–Crippen LogP) is 3.73. The van der Waals surface area contributed by atoms with Gasteiger partial charge in [-0.2, -0.15) is 0 Å². The van der Waals surface area contributed by atoms with Gasteiger partial charge in [-0.3, -0.25) is 14.4 Å². The molecule has 1 fully saturated rings. The summed E-state index contributed by atoms with van der Waals surface area (Å²) in [6, 6.07) is 3.29. The fourth-order valence-corrected chi connectivity index (χ4v) is 4.94. The summed E-state index contributed by atoms with van der Waals surface area (Å²) < 4.78 is 15.1. The van der Waals surface area contributed by atoms with E-state index in [0.717, 1.165) is 25.3 Å². The van der Waals surface area contributed by atoms with Crippen molar-refractivity contribution in [2.75, 3.05) is 5.32 Å². The summed E-state index contributed by atoms with van der Waals surface area (Å²) in [5, 5.41) is 14.9. The number of aromatic nitrogens is 1. The number of hydrogen-bond donors (Lipinski definition) is 3. The number of carbonyl (C=O) groups excluding carboxylic acids is 3. The smallest absolute Gasteiger partial charge is 0.294 e. The average Bonchev–Trinajstić information content (AvgIpc) is 3.29. The first kappa shape index (κ1) is 22.8. The van der Waals surface area contributed by atoms with E-state index in [2.05, 4.69) is 10.6 Å². The molecule has 1 aromatic carbocycles. The molecular weight excluding hydrogens is 460 g/mol. The Morgan fingerprint density at radius 1 is 1.12 bits per heavy atom. The maximum Gasteiger partial charge on any atom is 0.294 e. The molecule has 0 bridgehead atoms. The molecule has 0 saturated heterocycles. The van der Waals surface area contributed by atoms with Crippen molar-refractivity contribution in [3.8, 4) is 0 Å². The van der Waals surface area contributed by atoms with Gasteiger partial charge in [0.05, 0.1) is 27.8 Å². The first-order chi connectivity index (χ1) is 15.3. The van der Waals surface area contributed by atoms with E-state index < -0.39 is 35.6 Å². The van der Waals surface area contributed by atoms with Gasteiger partial charge in [0.15, 0.2) is 0 Å². The summed E-state index contributed by atoms with van der Waals surface area (Å²) in [5.41, 5.74) is 0.926. The van der Waals surface area contributed by atoms with Crippen LogP contribution in [0.25, 0.3) is 0 Å². The van der Waals surface area contributed by atoms with Crippen LogP contribution in [0, 0.1) is 5.82 Å². The lowest BCUT2D eigenvalue weighted by Crippen LogP contribution is -2.43. The van der Waals surface area contributed by atoms with Crippen molar-refractivity contribution >= 4 is 46.5 Å². The van der Waals surface area contributed by atoms with Crippen LogP contribution in [-0.4, -0.2) is 39.4 Å². The SMILES string of the molecule is O=C(N[C@H]1CCC[C@H]1O)C(=O)c1c(Cl)c(C(=O)Nc2ccc(F)c(Cl)c2)c2n1CCCC2. The van der Waals surface area contributed by atoms with Gasteiger partial charge in [0.2, 0.25) is 0 Å². The molecule has 2 aromatic rings. The Kier molecular flexibility index (Phi) is 6.55. The monoisotopic (exact) mass is 481 g/mol. The Labute approximate surface area is 193 Å². The standard InChI is InChI=1S/C22H22Cl2FN3O4/c23-12-10-11(7-8-13(12)25)26-21(31)17-15-5-1-2-9-28(15)19(18(17)24)20(30)22(32)27-14-4-3-6-16(14)29/h7-8,10,14,16,29H,1-6,9H2,(H,26,31)(H,27,32)/t14-,16+/m0/s1. The molecule has 2 heterocycles. The molecule has 10 heteroatoms. The number of anilines is 1. The number of carbonyl (C=O) groups is 3. The zero-order chi connectivity index (χ0) is 23.0. The van der Waals surface area contributed by atoms with E-state index in [9.17, 15) is 23.9 Å². The molecule has 0 spiro atoms. The summed E-state index contributed by atoms with van der Waals surface area (Å²) in [6.45, 7) is 0.450. The minimum atomic E-state index is -0.860. The fourth-order valence-electron chi connectivity index (χ4n) is 4.37.